The summed E-state index contributed by atoms with van der Waals surface area (Å²) in [4.78, 5) is 0. The van der Waals surface area contributed by atoms with Gasteiger partial charge < -0.3 is 5.11 Å². The van der Waals surface area contributed by atoms with Crippen molar-refractivity contribution in [3.63, 3.8) is 0 Å². The van der Waals surface area contributed by atoms with Crippen LogP contribution in [0.4, 0.5) is 0 Å². The number of hydrogen-bond acceptors (Lipinski definition) is 1. The van der Waals surface area contributed by atoms with Gasteiger partial charge in [0.15, 0.2) is 0 Å². The molecular weight excluding hydrogens is 172 g/mol. The maximum absolute atomic E-state index is 9.99. The topological polar surface area (TPSA) is 20.2 Å². The molecule has 0 radical (unpaired) electrons. The van der Waals surface area contributed by atoms with Gasteiger partial charge in [-0.3, -0.25) is 0 Å². The highest BCUT2D eigenvalue weighted by molar-refractivity contribution is 5.35. The minimum absolute atomic E-state index is 0.409. The van der Waals surface area contributed by atoms with Crippen LogP contribution in [0.3, 0.4) is 0 Å². The Hall–Kier alpha value is -1.08. The predicted molar refractivity (Wildman–Crippen MR) is 60.3 cm³/mol. The predicted octanol–water partition coefficient (Wildman–Crippen LogP) is 3.30. The first kappa shape index (κ1) is 11.0. The molecule has 1 aromatic carbocycles. The summed E-state index contributed by atoms with van der Waals surface area (Å²) in [5.74, 6) is 0. The first-order valence-corrected chi connectivity index (χ1v) is 4.91. The summed E-state index contributed by atoms with van der Waals surface area (Å²) in [7, 11) is 0. The second kappa shape index (κ2) is 4.43. The lowest BCUT2D eigenvalue weighted by Crippen LogP contribution is -2.02. The smallest absolute Gasteiger partial charge is 0.0832 e. The molecule has 0 heterocycles. The molecule has 0 saturated heterocycles. The van der Waals surface area contributed by atoms with E-state index in [1.165, 1.54) is 0 Å². The van der Waals surface area contributed by atoms with Gasteiger partial charge in [0.05, 0.1) is 6.10 Å². The molecule has 14 heavy (non-hydrogen) atoms. The molecule has 0 saturated carbocycles. The van der Waals surface area contributed by atoms with Crippen molar-refractivity contribution in [1.82, 2.24) is 0 Å². The zero-order valence-corrected chi connectivity index (χ0v) is 9.17. The molecule has 1 atom stereocenters. The van der Waals surface area contributed by atoms with Crippen molar-refractivity contribution in [2.24, 2.45) is 0 Å². The third-order valence-electron chi connectivity index (χ3n) is 2.42. The molecular formula is C13H18O. The highest BCUT2D eigenvalue weighted by Crippen LogP contribution is 2.26. The zero-order valence-electron chi connectivity index (χ0n) is 9.17. The first-order chi connectivity index (χ1) is 6.52. The van der Waals surface area contributed by atoms with Crippen molar-refractivity contribution in [3.8, 4) is 0 Å². The van der Waals surface area contributed by atoms with Gasteiger partial charge in [0.25, 0.3) is 0 Å². The maximum atomic E-state index is 9.99. The van der Waals surface area contributed by atoms with Crippen molar-refractivity contribution >= 4 is 0 Å². The summed E-state index contributed by atoms with van der Waals surface area (Å²) in [6.45, 7) is 9.82. The van der Waals surface area contributed by atoms with E-state index in [0.717, 1.165) is 22.3 Å². The lowest BCUT2D eigenvalue weighted by molar-refractivity contribution is 0.177. The Morgan fingerprint density at radius 3 is 2.29 bits per heavy atom. The van der Waals surface area contributed by atoms with Crippen molar-refractivity contribution in [1.29, 1.82) is 0 Å². The van der Waals surface area contributed by atoms with Crippen LogP contribution >= 0.6 is 0 Å². The summed E-state index contributed by atoms with van der Waals surface area (Å²) in [6, 6.07) is 6.08. The largest absolute Gasteiger partial charge is 0.388 e. The summed E-state index contributed by atoms with van der Waals surface area (Å²) >= 11 is 0. The molecule has 1 rings (SSSR count). The molecule has 1 nitrogen and oxygen atoms in total. The molecule has 0 aromatic heterocycles. The molecule has 0 amide bonds. The van der Waals surface area contributed by atoms with Gasteiger partial charge >= 0.3 is 0 Å². The van der Waals surface area contributed by atoms with Crippen LogP contribution in [-0.2, 0) is 0 Å². The average Bonchev–Trinajstić information content (AvgIpc) is 2.01. The Kier molecular flexibility index (Phi) is 3.48. The number of rotatable bonds is 3. The van der Waals surface area contributed by atoms with Gasteiger partial charge in [-0.25, -0.2) is 0 Å². The van der Waals surface area contributed by atoms with Crippen LogP contribution in [-0.4, -0.2) is 5.11 Å². The van der Waals surface area contributed by atoms with Gasteiger partial charge in [0.1, 0.15) is 0 Å². The number of aliphatic hydroxyl groups is 1. The third-order valence-corrected chi connectivity index (χ3v) is 2.42. The van der Waals surface area contributed by atoms with Crippen LogP contribution < -0.4 is 0 Å². The molecule has 0 fully saturated rings. The lowest BCUT2D eigenvalue weighted by atomic mass is 9.94. The van der Waals surface area contributed by atoms with E-state index in [2.05, 4.69) is 6.58 Å². The standard InChI is InChI=1S/C13H18O/c1-9(2)8-12(14)13-10(3)6-5-7-11(13)4/h5-7,12,14H,1,8H2,2-4H3. The second-order valence-electron chi connectivity index (χ2n) is 3.98. The zero-order chi connectivity index (χ0) is 10.7. The molecule has 0 aliphatic carbocycles. The fraction of sp³-hybridized carbons (Fsp3) is 0.385. The Labute approximate surface area is 86.1 Å². The minimum atomic E-state index is -0.409. The molecule has 1 N–H and O–H groups in total. The first-order valence-electron chi connectivity index (χ1n) is 4.91. The average molecular weight is 190 g/mol. The summed E-state index contributed by atoms with van der Waals surface area (Å²) in [6.07, 6.45) is 0.236. The summed E-state index contributed by atoms with van der Waals surface area (Å²) in [5.41, 5.74) is 4.37. The Balaban J connectivity index is 2.99. The second-order valence-corrected chi connectivity index (χ2v) is 3.98. The van der Waals surface area contributed by atoms with Gasteiger partial charge in [-0.1, -0.05) is 23.8 Å². The van der Waals surface area contributed by atoms with E-state index in [9.17, 15) is 5.11 Å². The molecule has 76 valence electrons. The highest BCUT2D eigenvalue weighted by Gasteiger charge is 2.12. The van der Waals surface area contributed by atoms with Crippen LogP contribution in [0.2, 0.25) is 0 Å². The highest BCUT2D eigenvalue weighted by atomic mass is 16.3. The van der Waals surface area contributed by atoms with Crippen molar-refractivity contribution in [2.75, 3.05) is 0 Å². The number of aliphatic hydroxyl groups excluding tert-OH is 1. The normalized spacial score (nSPS) is 12.6. The van der Waals surface area contributed by atoms with E-state index in [4.69, 9.17) is 0 Å². The van der Waals surface area contributed by atoms with Crippen LogP contribution in [0.15, 0.2) is 30.4 Å². The molecule has 0 bridgehead atoms. The van der Waals surface area contributed by atoms with Gasteiger partial charge in [-0.05, 0) is 43.9 Å². The molecule has 0 aliphatic rings. The molecule has 1 aromatic rings. The number of hydrogen-bond donors (Lipinski definition) is 1. The van der Waals surface area contributed by atoms with Crippen LogP contribution in [0.1, 0.15) is 36.1 Å². The fourth-order valence-electron chi connectivity index (χ4n) is 1.79. The van der Waals surface area contributed by atoms with E-state index in [-0.39, 0.29) is 0 Å². The Morgan fingerprint density at radius 1 is 1.36 bits per heavy atom. The van der Waals surface area contributed by atoms with Gasteiger partial charge in [-0.15, -0.1) is 6.58 Å². The monoisotopic (exact) mass is 190 g/mol. The van der Waals surface area contributed by atoms with Crippen molar-refractivity contribution < 1.29 is 5.11 Å². The maximum Gasteiger partial charge on any atom is 0.0832 e. The van der Waals surface area contributed by atoms with E-state index >= 15 is 0 Å². The van der Waals surface area contributed by atoms with Crippen LogP contribution in [0.25, 0.3) is 0 Å². The van der Waals surface area contributed by atoms with E-state index in [0.29, 0.717) is 6.42 Å². The molecule has 1 unspecified atom stereocenters. The van der Waals surface area contributed by atoms with E-state index < -0.39 is 6.10 Å². The third kappa shape index (κ3) is 2.46. The van der Waals surface area contributed by atoms with E-state index in [1.807, 2.05) is 39.0 Å². The van der Waals surface area contributed by atoms with Gasteiger partial charge in [0.2, 0.25) is 0 Å². The van der Waals surface area contributed by atoms with Crippen molar-refractivity contribution in [3.05, 3.63) is 47.0 Å². The SMILES string of the molecule is C=C(C)CC(O)c1c(C)cccc1C. The van der Waals surface area contributed by atoms with Gasteiger partial charge in [-0.2, -0.15) is 0 Å². The summed E-state index contributed by atoms with van der Waals surface area (Å²) in [5, 5.41) is 9.99. The van der Waals surface area contributed by atoms with Gasteiger partial charge in [0, 0.05) is 0 Å². The number of benzene rings is 1. The summed E-state index contributed by atoms with van der Waals surface area (Å²) < 4.78 is 0. The van der Waals surface area contributed by atoms with E-state index in [1.54, 1.807) is 0 Å². The molecule has 0 aliphatic heterocycles. The fourth-order valence-corrected chi connectivity index (χ4v) is 1.79. The quantitative estimate of drug-likeness (QED) is 0.725. The number of aryl methyl sites for hydroxylation is 2. The Morgan fingerprint density at radius 2 is 1.86 bits per heavy atom. The van der Waals surface area contributed by atoms with Crippen LogP contribution in [0.5, 0.6) is 0 Å². The lowest BCUT2D eigenvalue weighted by Gasteiger charge is -2.16. The molecule has 0 spiro atoms. The molecule has 1 heteroatoms. The minimum Gasteiger partial charge on any atom is -0.388 e. The van der Waals surface area contributed by atoms with Crippen LogP contribution in [0, 0.1) is 13.8 Å². The van der Waals surface area contributed by atoms with Crippen molar-refractivity contribution in [2.45, 2.75) is 33.3 Å². The Bertz CT molecular complexity index is 319.